The standard InChI is InChI=1S/C25H23FN8O5S.H2/c1-4-39-21-10-5-7-16(30-21)24-32-23-25(34(24)22-17(37-2)8-6-9-18(22)38-3)31-19(13-29-23)33-40(35,36)14-20-27-11-15(26)12-28-20;/h5-13H,4,14H2,1-3H3,(H,31,33);1H. The van der Waals surface area contributed by atoms with Crippen molar-refractivity contribution in [1.82, 2.24) is 34.5 Å². The van der Waals surface area contributed by atoms with E-state index in [0.29, 0.717) is 41.2 Å². The van der Waals surface area contributed by atoms with E-state index in [1.807, 2.05) is 6.92 Å². The van der Waals surface area contributed by atoms with Crippen LogP contribution in [0.1, 0.15) is 14.2 Å². The number of fused-ring (bicyclic) bond motifs is 1. The van der Waals surface area contributed by atoms with E-state index in [2.05, 4.69) is 34.6 Å². The molecule has 0 atom stereocenters. The largest absolute Gasteiger partial charge is 0.494 e. The van der Waals surface area contributed by atoms with Crippen LogP contribution in [0.5, 0.6) is 17.4 Å². The van der Waals surface area contributed by atoms with Gasteiger partial charge in [0.2, 0.25) is 15.9 Å². The Kier molecular flexibility index (Phi) is 7.37. The lowest BCUT2D eigenvalue weighted by atomic mass is 10.2. The average molecular weight is 569 g/mol. The Labute approximate surface area is 229 Å². The van der Waals surface area contributed by atoms with E-state index < -0.39 is 21.6 Å². The number of sulfonamides is 1. The van der Waals surface area contributed by atoms with Gasteiger partial charge < -0.3 is 14.2 Å². The monoisotopic (exact) mass is 568 g/mol. The van der Waals surface area contributed by atoms with Gasteiger partial charge in [0.25, 0.3) is 0 Å². The van der Waals surface area contributed by atoms with E-state index >= 15 is 0 Å². The summed E-state index contributed by atoms with van der Waals surface area (Å²) >= 11 is 0. The molecule has 0 bridgehead atoms. The van der Waals surface area contributed by atoms with Crippen LogP contribution >= 0.6 is 0 Å². The molecule has 1 aromatic carbocycles. The number of para-hydroxylation sites is 1. The second-order valence-corrected chi connectivity index (χ2v) is 9.88. The number of halogens is 1. The molecule has 0 amide bonds. The van der Waals surface area contributed by atoms with E-state index in [9.17, 15) is 12.8 Å². The van der Waals surface area contributed by atoms with Crippen molar-refractivity contribution in [1.29, 1.82) is 0 Å². The summed E-state index contributed by atoms with van der Waals surface area (Å²) < 4.78 is 59.6. The van der Waals surface area contributed by atoms with E-state index in [1.54, 1.807) is 41.0 Å². The Morgan fingerprint density at radius 1 is 0.950 bits per heavy atom. The number of rotatable bonds is 10. The fraction of sp³-hybridized carbons (Fsp3) is 0.200. The molecule has 0 aliphatic heterocycles. The summed E-state index contributed by atoms with van der Waals surface area (Å²) in [5, 5.41) is 0. The van der Waals surface area contributed by atoms with Gasteiger partial charge >= 0.3 is 0 Å². The van der Waals surface area contributed by atoms with Crippen LogP contribution in [-0.4, -0.2) is 63.7 Å². The number of hydrogen-bond donors (Lipinski definition) is 1. The molecule has 0 aliphatic carbocycles. The first kappa shape index (κ1) is 26.7. The number of anilines is 1. The summed E-state index contributed by atoms with van der Waals surface area (Å²) in [5.74, 6) is 0.127. The Hall–Kier alpha value is -4.92. The Morgan fingerprint density at radius 2 is 1.65 bits per heavy atom. The van der Waals surface area contributed by atoms with Crippen LogP contribution in [0.4, 0.5) is 10.2 Å². The highest BCUT2D eigenvalue weighted by molar-refractivity contribution is 7.91. The van der Waals surface area contributed by atoms with Crippen molar-refractivity contribution >= 4 is 27.1 Å². The molecular weight excluding hydrogens is 543 g/mol. The SMILES string of the molecule is CCOc1cccc(-c2nc3ncc(NS(=O)(=O)Cc4ncc(F)cn4)nc3n2-c2c(OC)cccc2OC)n1.[HH]. The molecule has 0 saturated carbocycles. The molecule has 0 spiro atoms. The molecule has 208 valence electrons. The van der Waals surface area contributed by atoms with Crippen molar-refractivity contribution in [3.63, 3.8) is 0 Å². The highest BCUT2D eigenvalue weighted by atomic mass is 32.2. The van der Waals surface area contributed by atoms with Gasteiger partial charge in [0.15, 0.2) is 28.8 Å². The number of methoxy groups -OCH3 is 2. The summed E-state index contributed by atoms with van der Waals surface area (Å²) in [6, 6.07) is 10.5. The van der Waals surface area contributed by atoms with Gasteiger partial charge in [-0.15, -0.1) is 0 Å². The van der Waals surface area contributed by atoms with Gasteiger partial charge in [-0.25, -0.2) is 42.7 Å². The van der Waals surface area contributed by atoms with Gasteiger partial charge in [-0.3, -0.25) is 9.29 Å². The minimum Gasteiger partial charge on any atom is -0.494 e. The Bertz CT molecular complexity index is 1770. The molecule has 15 heteroatoms. The predicted octanol–water partition coefficient (Wildman–Crippen LogP) is 3.41. The van der Waals surface area contributed by atoms with Gasteiger partial charge in [-0.2, -0.15) is 0 Å². The first-order valence-corrected chi connectivity index (χ1v) is 13.5. The normalized spacial score (nSPS) is 11.4. The molecule has 40 heavy (non-hydrogen) atoms. The van der Waals surface area contributed by atoms with Gasteiger partial charge in [0, 0.05) is 7.49 Å². The van der Waals surface area contributed by atoms with Crippen molar-refractivity contribution in [2.75, 3.05) is 25.5 Å². The molecule has 0 radical (unpaired) electrons. The lowest BCUT2D eigenvalue weighted by Gasteiger charge is -2.16. The lowest BCUT2D eigenvalue weighted by Crippen LogP contribution is -2.18. The maximum absolute atomic E-state index is 13.1. The predicted molar refractivity (Wildman–Crippen MR) is 145 cm³/mol. The van der Waals surface area contributed by atoms with Crippen LogP contribution in [0.3, 0.4) is 0 Å². The third-order valence-corrected chi connectivity index (χ3v) is 6.65. The van der Waals surface area contributed by atoms with Crippen LogP contribution in [0, 0.1) is 5.82 Å². The third-order valence-electron chi connectivity index (χ3n) is 5.49. The fourth-order valence-electron chi connectivity index (χ4n) is 3.88. The maximum Gasteiger partial charge on any atom is 0.241 e. The molecular formula is C25H25FN8O5S. The van der Waals surface area contributed by atoms with E-state index in [-0.39, 0.29) is 24.4 Å². The summed E-state index contributed by atoms with van der Waals surface area (Å²) in [7, 11) is -1.02. The fourth-order valence-corrected chi connectivity index (χ4v) is 4.86. The minimum atomic E-state index is -4.04. The highest BCUT2D eigenvalue weighted by Gasteiger charge is 2.25. The number of benzene rings is 1. The molecule has 0 saturated heterocycles. The van der Waals surface area contributed by atoms with Crippen LogP contribution in [0.25, 0.3) is 28.5 Å². The van der Waals surface area contributed by atoms with E-state index in [1.165, 1.54) is 20.4 Å². The summed E-state index contributed by atoms with van der Waals surface area (Å²) in [6.45, 7) is 2.27. The van der Waals surface area contributed by atoms with Crippen LogP contribution < -0.4 is 18.9 Å². The number of pyridine rings is 1. The molecule has 4 aromatic heterocycles. The van der Waals surface area contributed by atoms with Crippen molar-refractivity contribution in [3.05, 3.63) is 66.6 Å². The zero-order chi connectivity index (χ0) is 28.3. The van der Waals surface area contributed by atoms with Crippen LogP contribution in [0.15, 0.2) is 55.0 Å². The Balaban J connectivity index is 0.00000387. The molecule has 5 rings (SSSR count). The van der Waals surface area contributed by atoms with E-state index in [4.69, 9.17) is 14.2 Å². The van der Waals surface area contributed by atoms with Crippen LogP contribution in [-0.2, 0) is 15.8 Å². The number of nitrogens with zero attached hydrogens (tertiary/aromatic N) is 7. The summed E-state index contributed by atoms with van der Waals surface area (Å²) in [5.41, 5.74) is 1.29. The molecule has 0 unspecified atom stereocenters. The quantitative estimate of drug-likeness (QED) is 0.263. The first-order valence-electron chi connectivity index (χ1n) is 11.9. The zero-order valence-corrected chi connectivity index (χ0v) is 22.4. The smallest absolute Gasteiger partial charge is 0.241 e. The minimum absolute atomic E-state index is 0. The average Bonchev–Trinajstić information content (AvgIpc) is 3.32. The molecule has 5 aromatic rings. The number of ether oxygens (including phenoxy) is 3. The van der Waals surface area contributed by atoms with Gasteiger partial charge in [-0.1, -0.05) is 12.1 Å². The number of aromatic nitrogens is 7. The van der Waals surface area contributed by atoms with Crippen molar-refractivity contribution < 1.29 is 28.4 Å². The van der Waals surface area contributed by atoms with Crippen LogP contribution in [0.2, 0.25) is 0 Å². The van der Waals surface area contributed by atoms with Gasteiger partial charge in [-0.05, 0) is 25.1 Å². The molecule has 0 aliphatic rings. The van der Waals surface area contributed by atoms with E-state index in [0.717, 1.165) is 12.4 Å². The second kappa shape index (κ2) is 11.1. The molecule has 13 nitrogen and oxygen atoms in total. The van der Waals surface area contributed by atoms with Gasteiger partial charge in [0.05, 0.1) is 39.4 Å². The molecule has 0 fully saturated rings. The third kappa shape index (κ3) is 5.44. The highest BCUT2D eigenvalue weighted by Crippen LogP contribution is 2.38. The zero-order valence-electron chi connectivity index (χ0n) is 21.6. The number of imidazole rings is 1. The molecule has 4 heterocycles. The van der Waals surface area contributed by atoms with Crippen molar-refractivity contribution in [2.45, 2.75) is 12.7 Å². The first-order chi connectivity index (χ1) is 19.3. The number of nitrogens with one attached hydrogen (secondary N) is 1. The van der Waals surface area contributed by atoms with Crippen molar-refractivity contribution in [2.24, 2.45) is 0 Å². The molecule has 1 N–H and O–H groups in total. The van der Waals surface area contributed by atoms with Gasteiger partial charge in [0.1, 0.15) is 34.5 Å². The second-order valence-electron chi connectivity index (χ2n) is 8.16. The topological polar surface area (TPSA) is 156 Å². The summed E-state index contributed by atoms with van der Waals surface area (Å²) in [6.07, 6.45) is 3.01. The maximum atomic E-state index is 13.1. The van der Waals surface area contributed by atoms with Crippen molar-refractivity contribution in [3.8, 4) is 34.6 Å². The number of hydrogen-bond acceptors (Lipinski definition) is 11. The lowest BCUT2D eigenvalue weighted by molar-refractivity contribution is 0.327. The summed E-state index contributed by atoms with van der Waals surface area (Å²) in [4.78, 5) is 25.5. The Morgan fingerprint density at radius 3 is 2.33 bits per heavy atom.